The molecule has 0 aliphatic heterocycles. The molecule has 0 radical (unpaired) electrons. The maximum Gasteiger partial charge on any atom is 0.109 e. The molecular formula is C12H22FN. The zero-order chi connectivity index (χ0) is 10.2. The Morgan fingerprint density at radius 3 is 2.21 bits per heavy atom. The van der Waals surface area contributed by atoms with Gasteiger partial charge in [0.15, 0.2) is 0 Å². The molecule has 0 saturated heterocycles. The summed E-state index contributed by atoms with van der Waals surface area (Å²) in [6.07, 6.45) is 8.01. The van der Waals surface area contributed by atoms with Crippen LogP contribution in [0, 0.1) is 11.3 Å². The molecule has 2 saturated carbocycles. The van der Waals surface area contributed by atoms with E-state index in [4.69, 9.17) is 5.73 Å². The molecular weight excluding hydrogens is 177 g/mol. The van der Waals surface area contributed by atoms with Crippen LogP contribution in [0.5, 0.6) is 0 Å². The van der Waals surface area contributed by atoms with E-state index in [1.165, 1.54) is 32.1 Å². The predicted molar refractivity (Wildman–Crippen MR) is 56.8 cm³/mol. The lowest BCUT2D eigenvalue weighted by Gasteiger charge is -2.55. The van der Waals surface area contributed by atoms with E-state index in [0.29, 0.717) is 25.3 Å². The molecule has 0 aromatic heterocycles. The van der Waals surface area contributed by atoms with Crippen molar-refractivity contribution in [1.29, 1.82) is 0 Å². The van der Waals surface area contributed by atoms with Crippen molar-refractivity contribution >= 4 is 0 Å². The number of halogens is 1. The Hall–Kier alpha value is -0.110. The van der Waals surface area contributed by atoms with Crippen molar-refractivity contribution in [1.82, 2.24) is 0 Å². The first-order valence-electron chi connectivity index (χ1n) is 5.97. The summed E-state index contributed by atoms with van der Waals surface area (Å²) in [7, 11) is 0. The molecule has 0 bridgehead atoms. The van der Waals surface area contributed by atoms with Crippen molar-refractivity contribution in [2.75, 3.05) is 6.54 Å². The van der Waals surface area contributed by atoms with Gasteiger partial charge in [0, 0.05) is 0 Å². The van der Waals surface area contributed by atoms with E-state index in [2.05, 4.69) is 0 Å². The standard InChI is InChI=1S/C12H22FN/c1-11(13)7-12(8-11,9-14)10-5-3-2-4-6-10/h10H,2-9,14H2,1H3. The van der Waals surface area contributed by atoms with E-state index in [-0.39, 0.29) is 5.41 Å². The molecule has 0 atom stereocenters. The Labute approximate surface area is 86.2 Å². The first-order valence-corrected chi connectivity index (χ1v) is 5.97. The molecule has 2 N–H and O–H groups in total. The molecule has 0 amide bonds. The monoisotopic (exact) mass is 199 g/mol. The third-order valence-corrected chi connectivity index (χ3v) is 4.32. The zero-order valence-corrected chi connectivity index (χ0v) is 9.19. The van der Waals surface area contributed by atoms with E-state index < -0.39 is 5.67 Å². The largest absolute Gasteiger partial charge is 0.330 e. The van der Waals surface area contributed by atoms with Crippen LogP contribution in [0.1, 0.15) is 51.9 Å². The molecule has 2 rings (SSSR count). The molecule has 1 nitrogen and oxygen atoms in total. The molecule has 2 heteroatoms. The molecule has 0 spiro atoms. The summed E-state index contributed by atoms with van der Waals surface area (Å²) in [6.45, 7) is 2.42. The highest BCUT2D eigenvalue weighted by Gasteiger charge is 2.55. The quantitative estimate of drug-likeness (QED) is 0.727. The number of hydrogen-bond donors (Lipinski definition) is 1. The molecule has 14 heavy (non-hydrogen) atoms. The van der Waals surface area contributed by atoms with E-state index in [0.717, 1.165) is 0 Å². The third-order valence-electron chi connectivity index (χ3n) is 4.32. The molecule has 2 aliphatic rings. The highest BCUT2D eigenvalue weighted by Crippen LogP contribution is 2.57. The zero-order valence-electron chi connectivity index (χ0n) is 9.19. The van der Waals surface area contributed by atoms with Gasteiger partial charge in [-0.05, 0) is 50.5 Å². The molecule has 82 valence electrons. The maximum atomic E-state index is 13.6. The number of alkyl halides is 1. The Kier molecular flexibility index (Phi) is 2.59. The molecule has 0 aromatic carbocycles. The van der Waals surface area contributed by atoms with Crippen LogP contribution in [-0.4, -0.2) is 12.2 Å². The summed E-state index contributed by atoms with van der Waals surface area (Å²) in [6, 6.07) is 0. The van der Waals surface area contributed by atoms with Gasteiger partial charge >= 0.3 is 0 Å². The molecule has 0 heterocycles. The number of nitrogens with two attached hydrogens (primary N) is 1. The summed E-state index contributed by atoms with van der Waals surface area (Å²) >= 11 is 0. The Morgan fingerprint density at radius 1 is 1.21 bits per heavy atom. The van der Waals surface area contributed by atoms with Crippen molar-refractivity contribution in [3.8, 4) is 0 Å². The average molecular weight is 199 g/mol. The number of rotatable bonds is 2. The van der Waals surface area contributed by atoms with Crippen molar-refractivity contribution in [2.24, 2.45) is 17.1 Å². The van der Waals surface area contributed by atoms with Gasteiger partial charge in [-0.25, -0.2) is 4.39 Å². The van der Waals surface area contributed by atoms with Crippen LogP contribution in [0.3, 0.4) is 0 Å². The van der Waals surface area contributed by atoms with E-state index in [9.17, 15) is 4.39 Å². The van der Waals surface area contributed by atoms with Crippen LogP contribution >= 0.6 is 0 Å². The van der Waals surface area contributed by atoms with E-state index in [1.807, 2.05) is 0 Å². The second-order valence-corrected chi connectivity index (χ2v) is 5.67. The minimum absolute atomic E-state index is 0.171. The van der Waals surface area contributed by atoms with Crippen molar-refractivity contribution in [3.05, 3.63) is 0 Å². The lowest BCUT2D eigenvalue weighted by Crippen LogP contribution is -2.55. The van der Waals surface area contributed by atoms with Gasteiger partial charge in [-0.2, -0.15) is 0 Å². The summed E-state index contributed by atoms with van der Waals surface area (Å²) in [5, 5.41) is 0. The fourth-order valence-corrected chi connectivity index (χ4v) is 3.73. The molecule has 2 aliphatic carbocycles. The molecule has 2 fully saturated rings. The average Bonchev–Trinajstić information content (AvgIpc) is 2.15. The second-order valence-electron chi connectivity index (χ2n) is 5.67. The van der Waals surface area contributed by atoms with Crippen LogP contribution in [0.25, 0.3) is 0 Å². The summed E-state index contributed by atoms with van der Waals surface area (Å²) in [5.74, 6) is 0.713. The van der Waals surface area contributed by atoms with Crippen molar-refractivity contribution in [2.45, 2.75) is 57.5 Å². The van der Waals surface area contributed by atoms with Crippen LogP contribution < -0.4 is 5.73 Å². The van der Waals surface area contributed by atoms with Crippen LogP contribution in [0.15, 0.2) is 0 Å². The minimum Gasteiger partial charge on any atom is -0.330 e. The smallest absolute Gasteiger partial charge is 0.109 e. The minimum atomic E-state index is -0.920. The van der Waals surface area contributed by atoms with Gasteiger partial charge in [0.2, 0.25) is 0 Å². The topological polar surface area (TPSA) is 26.0 Å². The van der Waals surface area contributed by atoms with Gasteiger partial charge in [0.1, 0.15) is 5.67 Å². The highest BCUT2D eigenvalue weighted by atomic mass is 19.1. The van der Waals surface area contributed by atoms with Crippen LogP contribution in [0.4, 0.5) is 4.39 Å². The predicted octanol–water partition coefficient (Wildman–Crippen LogP) is 3.03. The van der Waals surface area contributed by atoms with Gasteiger partial charge in [-0.15, -0.1) is 0 Å². The summed E-state index contributed by atoms with van der Waals surface area (Å²) < 4.78 is 13.6. The fraction of sp³-hybridized carbons (Fsp3) is 1.00. The second kappa shape index (κ2) is 3.48. The summed E-state index contributed by atoms with van der Waals surface area (Å²) in [5.41, 5.74) is 5.10. The Bertz CT molecular complexity index is 198. The van der Waals surface area contributed by atoms with E-state index in [1.54, 1.807) is 6.92 Å². The van der Waals surface area contributed by atoms with E-state index >= 15 is 0 Å². The Morgan fingerprint density at radius 2 is 1.79 bits per heavy atom. The Balaban J connectivity index is 1.99. The molecule has 0 unspecified atom stereocenters. The van der Waals surface area contributed by atoms with Gasteiger partial charge in [0.05, 0.1) is 0 Å². The van der Waals surface area contributed by atoms with Crippen molar-refractivity contribution < 1.29 is 4.39 Å². The van der Waals surface area contributed by atoms with Gasteiger partial charge < -0.3 is 5.73 Å². The van der Waals surface area contributed by atoms with Crippen LogP contribution in [-0.2, 0) is 0 Å². The highest BCUT2D eigenvalue weighted by molar-refractivity contribution is 5.06. The first-order chi connectivity index (χ1) is 6.58. The van der Waals surface area contributed by atoms with Crippen LogP contribution in [0.2, 0.25) is 0 Å². The van der Waals surface area contributed by atoms with Gasteiger partial charge in [-0.1, -0.05) is 19.3 Å². The normalized spacial score (nSPS) is 44.8. The SMILES string of the molecule is CC1(F)CC(CN)(C2CCCCC2)C1. The first kappa shape index (κ1) is 10.4. The maximum absolute atomic E-state index is 13.6. The fourth-order valence-electron chi connectivity index (χ4n) is 3.73. The van der Waals surface area contributed by atoms with Crippen molar-refractivity contribution in [3.63, 3.8) is 0 Å². The lowest BCUT2D eigenvalue weighted by atomic mass is 9.52. The number of hydrogen-bond acceptors (Lipinski definition) is 1. The molecule has 0 aromatic rings. The lowest BCUT2D eigenvalue weighted by molar-refractivity contribution is -0.0941. The third kappa shape index (κ3) is 1.69. The summed E-state index contributed by atoms with van der Waals surface area (Å²) in [4.78, 5) is 0. The van der Waals surface area contributed by atoms with Gasteiger partial charge in [0.25, 0.3) is 0 Å². The van der Waals surface area contributed by atoms with Gasteiger partial charge in [-0.3, -0.25) is 0 Å².